The lowest BCUT2D eigenvalue weighted by molar-refractivity contribution is -0.122. The van der Waals surface area contributed by atoms with Crippen molar-refractivity contribution in [2.45, 2.75) is 25.7 Å². The third kappa shape index (κ3) is 1.93. The van der Waals surface area contributed by atoms with Gasteiger partial charge in [0, 0.05) is 18.7 Å². The molecule has 0 saturated carbocycles. The maximum atomic E-state index is 12.3. The number of carbonyl (C=O) groups excluding carboxylic acids is 1. The minimum Gasteiger partial charge on any atom is -0.393 e. The number of anilines is 1. The van der Waals surface area contributed by atoms with Gasteiger partial charge in [0.1, 0.15) is 0 Å². The molecule has 0 saturated heterocycles. The lowest BCUT2D eigenvalue weighted by atomic mass is 9.86. The van der Waals surface area contributed by atoms with E-state index >= 15 is 0 Å². The fourth-order valence-electron chi connectivity index (χ4n) is 2.24. The standard InChI is InChI=1S/C13H16N2OS/c1-13(2)9-5-3-4-6-10(9)15(12(13)16)8-7-11(14)17/h3-6H,7-8H2,1-2H3,(H2,14,17). The average Bonchev–Trinajstić information content (AvgIpc) is 2.47. The second-order valence-corrected chi connectivity index (χ2v) is 5.34. The van der Waals surface area contributed by atoms with E-state index in [9.17, 15) is 4.79 Å². The molecule has 2 N–H and O–H groups in total. The van der Waals surface area contributed by atoms with Gasteiger partial charge in [-0.2, -0.15) is 0 Å². The molecule has 0 aliphatic carbocycles. The van der Waals surface area contributed by atoms with Crippen LogP contribution in [0.15, 0.2) is 24.3 Å². The molecule has 0 bridgehead atoms. The molecule has 90 valence electrons. The summed E-state index contributed by atoms with van der Waals surface area (Å²) in [4.78, 5) is 14.6. The highest BCUT2D eigenvalue weighted by atomic mass is 32.1. The summed E-state index contributed by atoms with van der Waals surface area (Å²) in [6.07, 6.45) is 0.561. The van der Waals surface area contributed by atoms with Crippen LogP contribution in [0, 0.1) is 0 Å². The number of hydrogen-bond donors (Lipinski definition) is 1. The Morgan fingerprint density at radius 2 is 2.06 bits per heavy atom. The van der Waals surface area contributed by atoms with Crippen LogP contribution in [0.3, 0.4) is 0 Å². The number of amides is 1. The SMILES string of the molecule is CC1(C)C(=O)N(CCC(N)=S)c2ccccc21. The molecule has 0 radical (unpaired) electrons. The molecule has 0 fully saturated rings. The van der Waals surface area contributed by atoms with Crippen molar-refractivity contribution in [3.8, 4) is 0 Å². The van der Waals surface area contributed by atoms with Gasteiger partial charge in [0.05, 0.1) is 10.4 Å². The fourth-order valence-corrected chi connectivity index (χ4v) is 2.33. The summed E-state index contributed by atoms with van der Waals surface area (Å²) in [6, 6.07) is 7.89. The Balaban J connectivity index is 2.36. The normalized spacial score (nSPS) is 17.1. The molecule has 1 aromatic carbocycles. The van der Waals surface area contributed by atoms with Crippen molar-refractivity contribution in [3.63, 3.8) is 0 Å². The van der Waals surface area contributed by atoms with E-state index < -0.39 is 5.41 Å². The van der Waals surface area contributed by atoms with Crippen LogP contribution in [-0.4, -0.2) is 17.4 Å². The van der Waals surface area contributed by atoms with Gasteiger partial charge >= 0.3 is 0 Å². The number of rotatable bonds is 3. The van der Waals surface area contributed by atoms with E-state index in [1.54, 1.807) is 4.90 Å². The van der Waals surface area contributed by atoms with E-state index in [1.165, 1.54) is 0 Å². The van der Waals surface area contributed by atoms with Crippen molar-refractivity contribution in [2.75, 3.05) is 11.4 Å². The third-order valence-electron chi connectivity index (χ3n) is 3.23. The van der Waals surface area contributed by atoms with Gasteiger partial charge in [-0.25, -0.2) is 0 Å². The van der Waals surface area contributed by atoms with Crippen LogP contribution in [0.1, 0.15) is 25.8 Å². The summed E-state index contributed by atoms with van der Waals surface area (Å²) in [7, 11) is 0. The summed E-state index contributed by atoms with van der Waals surface area (Å²) >= 11 is 4.86. The average molecular weight is 248 g/mol. The Morgan fingerprint density at radius 3 is 2.71 bits per heavy atom. The van der Waals surface area contributed by atoms with Crippen molar-refractivity contribution < 1.29 is 4.79 Å². The number of nitrogens with zero attached hydrogens (tertiary/aromatic N) is 1. The van der Waals surface area contributed by atoms with E-state index in [0.717, 1.165) is 11.3 Å². The second kappa shape index (κ2) is 4.11. The Morgan fingerprint density at radius 1 is 1.41 bits per heavy atom. The van der Waals surface area contributed by atoms with Crippen molar-refractivity contribution in [3.05, 3.63) is 29.8 Å². The number of fused-ring (bicyclic) bond motifs is 1. The molecule has 2 rings (SSSR count). The molecule has 3 nitrogen and oxygen atoms in total. The van der Waals surface area contributed by atoms with Gasteiger partial charge in [0.15, 0.2) is 0 Å². The van der Waals surface area contributed by atoms with Gasteiger partial charge in [0.2, 0.25) is 5.91 Å². The van der Waals surface area contributed by atoms with E-state index in [-0.39, 0.29) is 5.91 Å². The Hall–Kier alpha value is -1.42. The predicted octanol–water partition coefficient (Wildman–Crippen LogP) is 1.99. The number of hydrogen-bond acceptors (Lipinski definition) is 2. The monoisotopic (exact) mass is 248 g/mol. The lowest BCUT2D eigenvalue weighted by Gasteiger charge is -2.20. The van der Waals surface area contributed by atoms with Crippen molar-refractivity contribution in [1.82, 2.24) is 0 Å². The van der Waals surface area contributed by atoms with Gasteiger partial charge in [-0.3, -0.25) is 4.79 Å². The van der Waals surface area contributed by atoms with Crippen molar-refractivity contribution in [1.29, 1.82) is 0 Å². The molecule has 1 aromatic rings. The van der Waals surface area contributed by atoms with Gasteiger partial charge < -0.3 is 10.6 Å². The van der Waals surface area contributed by atoms with Crippen molar-refractivity contribution in [2.24, 2.45) is 5.73 Å². The van der Waals surface area contributed by atoms with Crippen LogP contribution in [0.5, 0.6) is 0 Å². The fraction of sp³-hybridized carbons (Fsp3) is 0.385. The number of para-hydroxylation sites is 1. The zero-order valence-electron chi connectivity index (χ0n) is 10.1. The number of benzene rings is 1. The Labute approximate surface area is 107 Å². The Kier molecular flexibility index (Phi) is 2.91. The molecule has 0 atom stereocenters. The summed E-state index contributed by atoms with van der Waals surface area (Å²) < 4.78 is 0. The maximum Gasteiger partial charge on any atom is 0.237 e. The van der Waals surface area contributed by atoms with Gasteiger partial charge in [-0.05, 0) is 25.5 Å². The molecule has 17 heavy (non-hydrogen) atoms. The topological polar surface area (TPSA) is 46.3 Å². The number of thiocarbonyl (C=S) groups is 1. The van der Waals surface area contributed by atoms with E-state index in [2.05, 4.69) is 0 Å². The molecule has 1 aliphatic rings. The quantitative estimate of drug-likeness (QED) is 0.832. The molecule has 0 spiro atoms. The zero-order valence-corrected chi connectivity index (χ0v) is 10.9. The second-order valence-electron chi connectivity index (χ2n) is 4.82. The first-order valence-electron chi connectivity index (χ1n) is 5.64. The molecule has 1 heterocycles. The van der Waals surface area contributed by atoms with E-state index in [1.807, 2.05) is 38.1 Å². The zero-order chi connectivity index (χ0) is 12.6. The van der Waals surface area contributed by atoms with Crippen LogP contribution in [-0.2, 0) is 10.2 Å². The first kappa shape index (κ1) is 12.0. The van der Waals surface area contributed by atoms with Crippen molar-refractivity contribution >= 4 is 28.8 Å². The van der Waals surface area contributed by atoms with Gasteiger partial charge in [0.25, 0.3) is 0 Å². The lowest BCUT2D eigenvalue weighted by Crippen LogP contribution is -2.37. The highest BCUT2D eigenvalue weighted by molar-refractivity contribution is 7.80. The molecule has 1 aliphatic heterocycles. The van der Waals surface area contributed by atoms with Crippen LogP contribution in [0.25, 0.3) is 0 Å². The molecule has 0 aromatic heterocycles. The van der Waals surface area contributed by atoms with Gasteiger partial charge in [-0.1, -0.05) is 30.4 Å². The first-order valence-corrected chi connectivity index (χ1v) is 6.05. The van der Waals surface area contributed by atoms with Crippen LogP contribution < -0.4 is 10.6 Å². The summed E-state index contributed by atoms with van der Waals surface area (Å²) in [6.45, 7) is 4.47. The molecular formula is C13H16N2OS. The van der Waals surface area contributed by atoms with Gasteiger partial charge in [-0.15, -0.1) is 0 Å². The molecule has 0 unspecified atom stereocenters. The van der Waals surface area contributed by atoms with Crippen LogP contribution in [0.4, 0.5) is 5.69 Å². The molecule has 1 amide bonds. The highest BCUT2D eigenvalue weighted by Gasteiger charge is 2.43. The number of nitrogens with two attached hydrogens (primary N) is 1. The van der Waals surface area contributed by atoms with Crippen LogP contribution >= 0.6 is 12.2 Å². The minimum absolute atomic E-state index is 0.120. The largest absolute Gasteiger partial charge is 0.393 e. The Bertz CT molecular complexity index is 482. The van der Waals surface area contributed by atoms with E-state index in [0.29, 0.717) is 18.0 Å². The number of carbonyl (C=O) groups is 1. The summed E-state index contributed by atoms with van der Waals surface area (Å²) in [5.74, 6) is 0.120. The third-order valence-corrected chi connectivity index (χ3v) is 3.43. The maximum absolute atomic E-state index is 12.3. The predicted molar refractivity (Wildman–Crippen MR) is 73.2 cm³/mol. The summed E-state index contributed by atoms with van der Waals surface area (Å²) in [5.41, 5.74) is 7.11. The molecule has 4 heteroatoms. The van der Waals surface area contributed by atoms with Crippen LogP contribution in [0.2, 0.25) is 0 Å². The highest BCUT2D eigenvalue weighted by Crippen LogP contribution is 2.41. The first-order chi connectivity index (χ1) is 7.94. The smallest absolute Gasteiger partial charge is 0.237 e. The molecular weight excluding hydrogens is 232 g/mol. The summed E-state index contributed by atoms with van der Waals surface area (Å²) in [5, 5.41) is 0. The minimum atomic E-state index is -0.452. The van der Waals surface area contributed by atoms with E-state index in [4.69, 9.17) is 18.0 Å².